The second kappa shape index (κ2) is 4.30. The van der Waals surface area contributed by atoms with Gasteiger partial charge in [0.25, 0.3) is 0 Å². The van der Waals surface area contributed by atoms with Crippen LogP contribution in [0.2, 0.25) is 0 Å². The van der Waals surface area contributed by atoms with E-state index in [2.05, 4.69) is 5.32 Å². The summed E-state index contributed by atoms with van der Waals surface area (Å²) in [5.41, 5.74) is 5.38. The maximum absolute atomic E-state index is 11.2. The Morgan fingerprint density at radius 1 is 1.07 bits per heavy atom. The molecule has 2 fully saturated rings. The average Bonchev–Trinajstić information content (AvgIpc) is 2.75. The SMILES string of the molecule is NC(=O)C1CCCC1NC1CCCC1. The highest BCUT2D eigenvalue weighted by Gasteiger charge is 2.33. The lowest BCUT2D eigenvalue weighted by Crippen LogP contribution is -2.43. The van der Waals surface area contributed by atoms with Gasteiger partial charge < -0.3 is 11.1 Å². The molecule has 3 nitrogen and oxygen atoms in total. The van der Waals surface area contributed by atoms with Crippen LogP contribution in [0.5, 0.6) is 0 Å². The van der Waals surface area contributed by atoms with E-state index in [0.717, 1.165) is 19.3 Å². The van der Waals surface area contributed by atoms with Crippen molar-refractivity contribution >= 4 is 5.91 Å². The summed E-state index contributed by atoms with van der Waals surface area (Å²) >= 11 is 0. The second-order valence-electron chi connectivity index (χ2n) is 4.69. The molecule has 2 saturated carbocycles. The highest BCUT2D eigenvalue weighted by Crippen LogP contribution is 2.28. The van der Waals surface area contributed by atoms with Crippen molar-refractivity contribution in [3.63, 3.8) is 0 Å². The molecule has 80 valence electrons. The van der Waals surface area contributed by atoms with Crippen LogP contribution in [0.25, 0.3) is 0 Å². The second-order valence-corrected chi connectivity index (χ2v) is 4.69. The minimum Gasteiger partial charge on any atom is -0.369 e. The Bertz CT molecular complexity index is 211. The van der Waals surface area contributed by atoms with Crippen molar-refractivity contribution in [3.8, 4) is 0 Å². The molecule has 0 aromatic heterocycles. The molecule has 1 amide bonds. The van der Waals surface area contributed by atoms with E-state index in [1.165, 1.54) is 25.7 Å². The van der Waals surface area contributed by atoms with E-state index in [9.17, 15) is 4.79 Å². The summed E-state index contributed by atoms with van der Waals surface area (Å²) in [6.45, 7) is 0. The zero-order valence-electron chi connectivity index (χ0n) is 8.67. The van der Waals surface area contributed by atoms with Crippen molar-refractivity contribution in [3.05, 3.63) is 0 Å². The van der Waals surface area contributed by atoms with Gasteiger partial charge in [-0.05, 0) is 25.7 Å². The number of carbonyl (C=O) groups is 1. The Labute approximate surface area is 85.4 Å². The standard InChI is InChI=1S/C11H20N2O/c12-11(14)9-6-3-7-10(9)13-8-4-1-2-5-8/h8-10,13H,1-7H2,(H2,12,14). The molecule has 0 aromatic rings. The normalized spacial score (nSPS) is 33.7. The Kier molecular flexibility index (Phi) is 3.06. The molecule has 0 spiro atoms. The van der Waals surface area contributed by atoms with Gasteiger partial charge in [-0.15, -0.1) is 0 Å². The van der Waals surface area contributed by atoms with E-state index < -0.39 is 0 Å². The summed E-state index contributed by atoms with van der Waals surface area (Å²) in [5.74, 6) is -0.0198. The summed E-state index contributed by atoms with van der Waals surface area (Å²) in [7, 11) is 0. The number of nitrogens with one attached hydrogen (secondary N) is 1. The first-order valence-electron chi connectivity index (χ1n) is 5.83. The number of amides is 1. The van der Waals surface area contributed by atoms with Crippen molar-refractivity contribution in [1.29, 1.82) is 0 Å². The van der Waals surface area contributed by atoms with Gasteiger partial charge in [-0.1, -0.05) is 19.3 Å². The van der Waals surface area contributed by atoms with E-state index >= 15 is 0 Å². The van der Waals surface area contributed by atoms with Crippen LogP contribution in [0.3, 0.4) is 0 Å². The van der Waals surface area contributed by atoms with Gasteiger partial charge in [-0.2, -0.15) is 0 Å². The van der Waals surface area contributed by atoms with E-state index in [1.807, 2.05) is 0 Å². The minimum atomic E-state index is -0.113. The van der Waals surface area contributed by atoms with Crippen LogP contribution in [0, 0.1) is 5.92 Å². The van der Waals surface area contributed by atoms with Crippen molar-refractivity contribution in [1.82, 2.24) is 5.32 Å². The molecule has 2 rings (SSSR count). The van der Waals surface area contributed by atoms with Gasteiger partial charge in [0, 0.05) is 12.1 Å². The maximum atomic E-state index is 11.2. The molecule has 0 aliphatic heterocycles. The summed E-state index contributed by atoms with van der Waals surface area (Å²) < 4.78 is 0. The third-order valence-electron chi connectivity index (χ3n) is 3.69. The zero-order chi connectivity index (χ0) is 9.97. The van der Waals surface area contributed by atoms with Crippen LogP contribution < -0.4 is 11.1 Å². The quantitative estimate of drug-likeness (QED) is 0.712. The first-order valence-corrected chi connectivity index (χ1v) is 5.83. The molecule has 2 aliphatic rings. The molecule has 0 bridgehead atoms. The van der Waals surface area contributed by atoms with E-state index in [0.29, 0.717) is 12.1 Å². The third kappa shape index (κ3) is 2.08. The fourth-order valence-corrected chi connectivity index (χ4v) is 2.90. The Morgan fingerprint density at radius 2 is 1.79 bits per heavy atom. The molecular weight excluding hydrogens is 176 g/mol. The highest BCUT2D eigenvalue weighted by atomic mass is 16.1. The van der Waals surface area contributed by atoms with Gasteiger partial charge in [0.15, 0.2) is 0 Å². The lowest BCUT2D eigenvalue weighted by atomic mass is 10.0. The number of nitrogens with two attached hydrogens (primary N) is 1. The van der Waals surface area contributed by atoms with Gasteiger partial charge in [-0.3, -0.25) is 4.79 Å². The van der Waals surface area contributed by atoms with Crippen LogP contribution in [0.4, 0.5) is 0 Å². The molecule has 3 N–H and O–H groups in total. The van der Waals surface area contributed by atoms with Crippen molar-refractivity contribution in [2.24, 2.45) is 11.7 Å². The summed E-state index contributed by atoms with van der Waals surface area (Å²) in [6.07, 6.45) is 8.50. The smallest absolute Gasteiger partial charge is 0.222 e. The number of primary amides is 1. The highest BCUT2D eigenvalue weighted by molar-refractivity contribution is 5.77. The van der Waals surface area contributed by atoms with Crippen molar-refractivity contribution < 1.29 is 4.79 Å². The summed E-state index contributed by atoms with van der Waals surface area (Å²) in [6, 6.07) is 1.02. The Morgan fingerprint density at radius 3 is 2.43 bits per heavy atom. The predicted octanol–water partition coefficient (Wildman–Crippen LogP) is 1.17. The van der Waals surface area contributed by atoms with Crippen LogP contribution in [-0.2, 0) is 4.79 Å². The summed E-state index contributed by atoms with van der Waals surface area (Å²) in [4.78, 5) is 11.2. The zero-order valence-corrected chi connectivity index (χ0v) is 8.67. The lowest BCUT2D eigenvalue weighted by Gasteiger charge is -2.22. The number of hydrogen-bond donors (Lipinski definition) is 2. The monoisotopic (exact) mass is 196 g/mol. The fraction of sp³-hybridized carbons (Fsp3) is 0.909. The van der Waals surface area contributed by atoms with Crippen molar-refractivity contribution in [2.75, 3.05) is 0 Å². The molecule has 2 aliphatic carbocycles. The molecule has 0 aromatic carbocycles. The van der Waals surface area contributed by atoms with Crippen LogP contribution in [0.1, 0.15) is 44.9 Å². The molecule has 3 heteroatoms. The van der Waals surface area contributed by atoms with Gasteiger partial charge in [0.1, 0.15) is 0 Å². The molecule has 0 saturated heterocycles. The topological polar surface area (TPSA) is 55.1 Å². The van der Waals surface area contributed by atoms with Crippen molar-refractivity contribution in [2.45, 2.75) is 57.0 Å². The third-order valence-corrected chi connectivity index (χ3v) is 3.69. The summed E-state index contributed by atoms with van der Waals surface area (Å²) in [5, 5.41) is 3.61. The lowest BCUT2D eigenvalue weighted by molar-refractivity contribution is -0.122. The predicted molar refractivity (Wildman–Crippen MR) is 55.7 cm³/mol. The number of rotatable bonds is 3. The molecule has 0 radical (unpaired) electrons. The Balaban J connectivity index is 1.86. The largest absolute Gasteiger partial charge is 0.369 e. The number of hydrogen-bond acceptors (Lipinski definition) is 2. The molecule has 0 heterocycles. The first kappa shape index (κ1) is 9.97. The van der Waals surface area contributed by atoms with Gasteiger partial charge >= 0.3 is 0 Å². The molecule has 2 atom stereocenters. The molecular formula is C11H20N2O. The molecule has 14 heavy (non-hydrogen) atoms. The maximum Gasteiger partial charge on any atom is 0.222 e. The van der Waals surface area contributed by atoms with Gasteiger partial charge in [0.2, 0.25) is 5.91 Å². The fourth-order valence-electron chi connectivity index (χ4n) is 2.90. The van der Waals surface area contributed by atoms with E-state index in [1.54, 1.807) is 0 Å². The van der Waals surface area contributed by atoms with Crippen LogP contribution in [0.15, 0.2) is 0 Å². The van der Waals surface area contributed by atoms with Gasteiger partial charge in [0.05, 0.1) is 5.92 Å². The molecule has 2 unspecified atom stereocenters. The average molecular weight is 196 g/mol. The van der Waals surface area contributed by atoms with E-state index in [-0.39, 0.29) is 11.8 Å². The number of carbonyl (C=O) groups excluding carboxylic acids is 1. The Hall–Kier alpha value is -0.570. The van der Waals surface area contributed by atoms with Crippen LogP contribution in [-0.4, -0.2) is 18.0 Å². The first-order chi connectivity index (χ1) is 6.77. The van der Waals surface area contributed by atoms with E-state index in [4.69, 9.17) is 5.73 Å². The van der Waals surface area contributed by atoms with Crippen LogP contribution >= 0.6 is 0 Å². The van der Waals surface area contributed by atoms with Gasteiger partial charge in [-0.25, -0.2) is 0 Å². The minimum absolute atomic E-state index is 0.0931.